The minimum Gasteiger partial charge on any atom is -0.495 e. The molecule has 1 aliphatic heterocycles. The number of methoxy groups -OCH3 is 1. The van der Waals surface area contributed by atoms with E-state index in [0.717, 1.165) is 19.3 Å². The van der Waals surface area contributed by atoms with Crippen LogP contribution in [-0.4, -0.2) is 62.5 Å². The van der Waals surface area contributed by atoms with Gasteiger partial charge >= 0.3 is 12.0 Å². The first-order chi connectivity index (χ1) is 14.8. The van der Waals surface area contributed by atoms with Gasteiger partial charge in [0.15, 0.2) is 6.61 Å². The summed E-state index contributed by atoms with van der Waals surface area (Å²) in [6.45, 7) is 6.77. The van der Waals surface area contributed by atoms with Crippen LogP contribution in [0.3, 0.4) is 0 Å². The third kappa shape index (κ3) is 6.67. The fourth-order valence-electron chi connectivity index (χ4n) is 3.31. The van der Waals surface area contributed by atoms with Crippen molar-refractivity contribution in [2.45, 2.75) is 63.4 Å². The number of rotatable bonds is 6. The maximum Gasteiger partial charge on any atom is 0.338 e. The Morgan fingerprint density at radius 3 is 2.47 bits per heavy atom. The first kappa shape index (κ1) is 25.6. The van der Waals surface area contributed by atoms with Crippen LogP contribution < -0.4 is 15.4 Å². The Hall–Kier alpha value is -2.66. The summed E-state index contributed by atoms with van der Waals surface area (Å²) in [7, 11) is -2.56. The van der Waals surface area contributed by atoms with E-state index in [1.54, 1.807) is 20.8 Å². The van der Waals surface area contributed by atoms with Crippen LogP contribution in [0.25, 0.3) is 0 Å². The van der Waals surface area contributed by atoms with E-state index in [9.17, 15) is 22.8 Å². The molecule has 178 valence electrons. The average Bonchev–Trinajstić information content (AvgIpc) is 2.70. The lowest BCUT2D eigenvalue weighted by Crippen LogP contribution is -2.49. The molecule has 1 aliphatic rings. The standard InChI is InChI=1S/C21H31N3O7S/c1-14-8-6-7-11-24(14)32(28,29)17-12-15(9-10-16(17)30-5)19(26)31-13-18(25)22-20(27)23-21(2,3)4/h9-10,12,14H,6-8,11,13H2,1-5H3,(H2,22,23,25,27). The molecule has 0 aliphatic carbocycles. The number of imide groups is 1. The third-order valence-electron chi connectivity index (χ3n) is 4.80. The zero-order valence-corrected chi connectivity index (χ0v) is 19.9. The Labute approximate surface area is 188 Å². The highest BCUT2D eigenvalue weighted by atomic mass is 32.2. The van der Waals surface area contributed by atoms with E-state index >= 15 is 0 Å². The summed E-state index contributed by atoms with van der Waals surface area (Å²) < 4.78 is 38.0. The van der Waals surface area contributed by atoms with Gasteiger partial charge in [-0.1, -0.05) is 6.42 Å². The van der Waals surface area contributed by atoms with Crippen LogP contribution in [0.5, 0.6) is 5.75 Å². The Balaban J connectivity index is 2.13. The number of piperidine rings is 1. The van der Waals surface area contributed by atoms with Crippen molar-refractivity contribution in [2.24, 2.45) is 0 Å². The van der Waals surface area contributed by atoms with Crippen molar-refractivity contribution in [1.82, 2.24) is 14.9 Å². The smallest absolute Gasteiger partial charge is 0.338 e. The van der Waals surface area contributed by atoms with E-state index in [1.165, 1.54) is 29.6 Å². The van der Waals surface area contributed by atoms with Gasteiger partial charge < -0.3 is 14.8 Å². The van der Waals surface area contributed by atoms with Gasteiger partial charge in [0.2, 0.25) is 10.0 Å². The number of ether oxygens (including phenoxy) is 2. The maximum atomic E-state index is 13.2. The van der Waals surface area contributed by atoms with Crippen LogP contribution in [-0.2, 0) is 19.6 Å². The molecule has 0 radical (unpaired) electrons. The molecule has 0 bridgehead atoms. The zero-order chi connectivity index (χ0) is 24.1. The van der Waals surface area contributed by atoms with Crippen molar-refractivity contribution >= 4 is 27.9 Å². The molecule has 0 saturated carbocycles. The van der Waals surface area contributed by atoms with E-state index in [4.69, 9.17) is 9.47 Å². The lowest BCUT2D eigenvalue weighted by molar-refractivity contribution is -0.123. The number of carbonyl (C=O) groups excluding carboxylic acids is 3. The molecule has 1 fully saturated rings. The molecule has 3 amide bonds. The van der Waals surface area contributed by atoms with Crippen molar-refractivity contribution in [3.8, 4) is 5.75 Å². The molecular formula is C21H31N3O7S. The fourth-order valence-corrected chi connectivity index (χ4v) is 5.19. The van der Waals surface area contributed by atoms with E-state index in [-0.39, 0.29) is 22.3 Å². The van der Waals surface area contributed by atoms with Gasteiger partial charge in [-0.15, -0.1) is 0 Å². The third-order valence-corrected chi connectivity index (χ3v) is 6.84. The number of amides is 3. The maximum absolute atomic E-state index is 13.2. The summed E-state index contributed by atoms with van der Waals surface area (Å²) in [5.74, 6) is -1.61. The van der Waals surface area contributed by atoms with Crippen LogP contribution >= 0.6 is 0 Å². The van der Waals surface area contributed by atoms with Crippen molar-refractivity contribution in [3.63, 3.8) is 0 Å². The number of benzene rings is 1. The number of carbonyl (C=O) groups is 3. The van der Waals surface area contributed by atoms with Crippen LogP contribution in [0.2, 0.25) is 0 Å². The van der Waals surface area contributed by atoms with Crippen molar-refractivity contribution in [1.29, 1.82) is 0 Å². The Morgan fingerprint density at radius 1 is 1.19 bits per heavy atom. The monoisotopic (exact) mass is 469 g/mol. The number of nitrogens with zero attached hydrogens (tertiary/aromatic N) is 1. The van der Waals surface area contributed by atoms with Crippen LogP contribution in [0, 0.1) is 0 Å². The molecule has 10 nitrogen and oxygen atoms in total. The first-order valence-corrected chi connectivity index (χ1v) is 11.8. The second-order valence-electron chi connectivity index (χ2n) is 8.65. The molecule has 1 heterocycles. The summed E-state index contributed by atoms with van der Waals surface area (Å²) in [5.41, 5.74) is -0.598. The summed E-state index contributed by atoms with van der Waals surface area (Å²) >= 11 is 0. The molecule has 0 aromatic heterocycles. The predicted octanol–water partition coefficient (Wildman–Crippen LogP) is 2.04. The summed E-state index contributed by atoms with van der Waals surface area (Å²) in [5, 5.41) is 4.60. The lowest BCUT2D eigenvalue weighted by atomic mass is 10.1. The summed E-state index contributed by atoms with van der Waals surface area (Å²) in [6.07, 6.45) is 2.46. The van der Waals surface area contributed by atoms with E-state index in [2.05, 4.69) is 10.6 Å². The second kappa shape index (κ2) is 10.3. The second-order valence-corrected chi connectivity index (χ2v) is 10.5. The van der Waals surface area contributed by atoms with E-state index in [1.807, 2.05) is 6.92 Å². The molecule has 2 rings (SSSR count). The van der Waals surface area contributed by atoms with Crippen molar-refractivity contribution < 1.29 is 32.3 Å². The molecule has 1 atom stereocenters. The molecule has 32 heavy (non-hydrogen) atoms. The largest absolute Gasteiger partial charge is 0.495 e. The SMILES string of the molecule is COc1ccc(C(=O)OCC(=O)NC(=O)NC(C)(C)C)cc1S(=O)(=O)N1CCCCC1C. The number of urea groups is 1. The van der Waals surface area contributed by atoms with Gasteiger partial charge in [-0.05, 0) is 58.7 Å². The molecular weight excluding hydrogens is 438 g/mol. The predicted molar refractivity (Wildman–Crippen MR) is 117 cm³/mol. The fraction of sp³-hybridized carbons (Fsp3) is 0.571. The Kier molecular flexibility index (Phi) is 8.24. The van der Waals surface area contributed by atoms with Crippen molar-refractivity contribution in [2.75, 3.05) is 20.3 Å². The van der Waals surface area contributed by atoms with E-state index in [0.29, 0.717) is 6.54 Å². The van der Waals surface area contributed by atoms with Gasteiger partial charge in [0, 0.05) is 18.1 Å². The number of nitrogens with one attached hydrogen (secondary N) is 2. The minimum atomic E-state index is -3.91. The van der Waals surface area contributed by atoms with Gasteiger partial charge in [0.05, 0.1) is 12.7 Å². The highest BCUT2D eigenvalue weighted by molar-refractivity contribution is 7.89. The topological polar surface area (TPSA) is 131 Å². The molecule has 1 aromatic rings. The Bertz CT molecular complexity index is 970. The molecule has 11 heteroatoms. The highest BCUT2D eigenvalue weighted by Crippen LogP contribution is 2.31. The van der Waals surface area contributed by atoms with Gasteiger partial charge in [-0.3, -0.25) is 10.1 Å². The van der Waals surface area contributed by atoms with Crippen LogP contribution in [0.1, 0.15) is 57.3 Å². The highest BCUT2D eigenvalue weighted by Gasteiger charge is 2.33. The number of sulfonamides is 1. The number of esters is 1. The van der Waals surface area contributed by atoms with Gasteiger partial charge in [0.25, 0.3) is 5.91 Å². The normalized spacial score (nSPS) is 17.3. The first-order valence-electron chi connectivity index (χ1n) is 10.3. The van der Waals surface area contributed by atoms with Crippen LogP contribution in [0.15, 0.2) is 23.1 Å². The number of hydrogen-bond donors (Lipinski definition) is 2. The summed E-state index contributed by atoms with van der Waals surface area (Å²) in [4.78, 5) is 35.9. The lowest BCUT2D eigenvalue weighted by Gasteiger charge is -2.32. The van der Waals surface area contributed by atoms with Gasteiger partial charge in [-0.2, -0.15) is 4.31 Å². The quantitative estimate of drug-likeness (QED) is 0.610. The van der Waals surface area contributed by atoms with Gasteiger partial charge in [-0.25, -0.2) is 18.0 Å². The molecule has 2 N–H and O–H groups in total. The molecule has 0 spiro atoms. The minimum absolute atomic E-state index is 0.0546. The molecule has 1 unspecified atom stereocenters. The molecule has 1 aromatic carbocycles. The zero-order valence-electron chi connectivity index (χ0n) is 19.1. The average molecular weight is 470 g/mol. The number of hydrogen-bond acceptors (Lipinski definition) is 7. The Morgan fingerprint density at radius 2 is 1.88 bits per heavy atom. The van der Waals surface area contributed by atoms with Crippen LogP contribution in [0.4, 0.5) is 4.79 Å². The van der Waals surface area contributed by atoms with Gasteiger partial charge in [0.1, 0.15) is 10.6 Å². The van der Waals surface area contributed by atoms with Crippen molar-refractivity contribution in [3.05, 3.63) is 23.8 Å². The molecule has 1 saturated heterocycles. The van der Waals surface area contributed by atoms with E-state index < -0.39 is 40.1 Å². The summed E-state index contributed by atoms with van der Waals surface area (Å²) in [6, 6.07) is 3.02.